The molecule has 1 aromatic heterocycles. The van der Waals surface area contributed by atoms with Crippen LogP contribution in [0.4, 0.5) is 11.4 Å². The summed E-state index contributed by atoms with van der Waals surface area (Å²) in [5, 5.41) is 11.0. The first-order chi connectivity index (χ1) is 16.2. The Morgan fingerprint density at radius 1 is 0.788 bits per heavy atom. The van der Waals surface area contributed by atoms with E-state index >= 15 is 0 Å². The van der Waals surface area contributed by atoms with Crippen LogP contribution in [0.3, 0.4) is 0 Å². The number of carbonyl (C=O) groups is 1. The number of aromatic nitrogens is 3. The van der Waals surface area contributed by atoms with Crippen molar-refractivity contribution in [1.82, 2.24) is 19.9 Å². The van der Waals surface area contributed by atoms with E-state index in [0.717, 1.165) is 44.1 Å². The highest BCUT2D eigenvalue weighted by molar-refractivity contribution is 6.02. The summed E-state index contributed by atoms with van der Waals surface area (Å²) in [5.74, 6) is -0.278. The summed E-state index contributed by atoms with van der Waals surface area (Å²) in [6.45, 7) is 5.03. The van der Waals surface area contributed by atoms with Gasteiger partial charge in [-0.3, -0.25) is 9.69 Å². The molecule has 1 amide bonds. The van der Waals surface area contributed by atoms with Crippen molar-refractivity contribution in [1.29, 1.82) is 0 Å². The van der Waals surface area contributed by atoms with Crippen molar-refractivity contribution in [2.45, 2.75) is 6.54 Å². The monoisotopic (exact) mass is 438 g/mol. The molecule has 0 atom stereocenters. The second-order valence-corrected chi connectivity index (χ2v) is 8.13. The van der Waals surface area contributed by atoms with Crippen molar-refractivity contribution >= 4 is 17.3 Å². The second kappa shape index (κ2) is 9.67. The maximum absolute atomic E-state index is 12.6. The average molecular weight is 439 g/mol. The highest BCUT2D eigenvalue weighted by Gasteiger charge is 2.18. The molecule has 7 heteroatoms. The fourth-order valence-corrected chi connectivity index (χ4v) is 4.03. The summed E-state index contributed by atoms with van der Waals surface area (Å²) >= 11 is 0. The SMILES string of the molecule is O=C(Nc1ccc(N2CCN(Cc3ccccc3)CC2)cc1)c1cn(-c2ccccc2)nn1. The molecule has 0 spiro atoms. The molecule has 0 unspecified atom stereocenters. The lowest BCUT2D eigenvalue weighted by Crippen LogP contribution is -2.45. The smallest absolute Gasteiger partial charge is 0.277 e. The van der Waals surface area contributed by atoms with Gasteiger partial charge in [0.2, 0.25) is 0 Å². The van der Waals surface area contributed by atoms with E-state index in [1.807, 2.05) is 42.5 Å². The Balaban J connectivity index is 1.15. The van der Waals surface area contributed by atoms with Gasteiger partial charge in [-0.1, -0.05) is 53.7 Å². The van der Waals surface area contributed by atoms with Gasteiger partial charge >= 0.3 is 0 Å². The Bertz CT molecular complexity index is 1180. The molecular formula is C26H26N6O. The van der Waals surface area contributed by atoms with Gasteiger partial charge < -0.3 is 10.2 Å². The highest BCUT2D eigenvalue weighted by Crippen LogP contribution is 2.20. The molecule has 5 rings (SSSR count). The van der Waals surface area contributed by atoms with Gasteiger partial charge in [-0.05, 0) is 42.0 Å². The quantitative estimate of drug-likeness (QED) is 0.496. The van der Waals surface area contributed by atoms with Crippen LogP contribution in [0, 0.1) is 0 Å². The Hall–Kier alpha value is -3.97. The third kappa shape index (κ3) is 5.10. The van der Waals surface area contributed by atoms with E-state index in [1.165, 1.54) is 11.3 Å². The molecule has 1 N–H and O–H groups in total. The van der Waals surface area contributed by atoms with Crippen molar-refractivity contribution in [2.75, 3.05) is 36.4 Å². The summed E-state index contributed by atoms with van der Waals surface area (Å²) in [6, 6.07) is 28.2. The summed E-state index contributed by atoms with van der Waals surface area (Å²) in [7, 11) is 0. The number of amides is 1. The average Bonchev–Trinajstić information content (AvgIpc) is 3.37. The van der Waals surface area contributed by atoms with Gasteiger partial charge in [-0.2, -0.15) is 0 Å². The van der Waals surface area contributed by atoms with Gasteiger partial charge in [0.15, 0.2) is 5.69 Å². The van der Waals surface area contributed by atoms with Crippen molar-refractivity contribution < 1.29 is 4.79 Å². The fraction of sp³-hybridized carbons (Fsp3) is 0.192. The first kappa shape index (κ1) is 20.9. The van der Waals surface area contributed by atoms with Gasteiger partial charge in [-0.15, -0.1) is 5.10 Å². The number of piperazine rings is 1. The molecule has 1 saturated heterocycles. The van der Waals surface area contributed by atoms with Crippen LogP contribution < -0.4 is 10.2 Å². The molecule has 1 fully saturated rings. The number of carbonyl (C=O) groups excluding carboxylic acids is 1. The standard InChI is InChI=1S/C26H26N6O/c33-26(25-20-32(29-28-25)24-9-5-2-6-10-24)27-22-11-13-23(14-12-22)31-17-15-30(16-18-31)19-21-7-3-1-4-8-21/h1-14,20H,15-19H2,(H,27,33). The molecule has 2 heterocycles. The van der Waals surface area contributed by atoms with Crippen molar-refractivity contribution in [3.8, 4) is 5.69 Å². The number of para-hydroxylation sites is 1. The second-order valence-electron chi connectivity index (χ2n) is 8.13. The number of hydrogen-bond acceptors (Lipinski definition) is 5. The third-order valence-electron chi connectivity index (χ3n) is 5.86. The van der Waals surface area contributed by atoms with Crippen molar-refractivity contribution in [3.05, 3.63) is 102 Å². The molecule has 1 aliphatic heterocycles. The van der Waals surface area contributed by atoms with Crippen LogP contribution in [0.15, 0.2) is 91.1 Å². The van der Waals surface area contributed by atoms with Crippen LogP contribution in [0.2, 0.25) is 0 Å². The number of hydrogen-bond donors (Lipinski definition) is 1. The minimum Gasteiger partial charge on any atom is -0.369 e. The van der Waals surface area contributed by atoms with E-state index in [2.05, 4.69) is 67.9 Å². The van der Waals surface area contributed by atoms with E-state index in [-0.39, 0.29) is 11.6 Å². The number of nitrogens with one attached hydrogen (secondary N) is 1. The number of anilines is 2. The van der Waals surface area contributed by atoms with Crippen LogP contribution in [-0.4, -0.2) is 52.0 Å². The van der Waals surface area contributed by atoms with Gasteiger partial charge in [0.25, 0.3) is 5.91 Å². The molecule has 33 heavy (non-hydrogen) atoms. The molecule has 0 bridgehead atoms. The molecular weight excluding hydrogens is 412 g/mol. The van der Waals surface area contributed by atoms with Crippen LogP contribution in [-0.2, 0) is 6.54 Å². The predicted molar refractivity (Wildman–Crippen MR) is 130 cm³/mol. The van der Waals surface area contributed by atoms with Crippen LogP contribution in [0.1, 0.15) is 16.1 Å². The first-order valence-electron chi connectivity index (χ1n) is 11.1. The Morgan fingerprint density at radius 2 is 1.45 bits per heavy atom. The van der Waals surface area contributed by atoms with E-state index < -0.39 is 0 Å². The van der Waals surface area contributed by atoms with Crippen molar-refractivity contribution in [2.24, 2.45) is 0 Å². The number of rotatable bonds is 6. The fourth-order valence-electron chi connectivity index (χ4n) is 4.03. The lowest BCUT2D eigenvalue weighted by Gasteiger charge is -2.36. The molecule has 0 saturated carbocycles. The zero-order chi connectivity index (χ0) is 22.5. The summed E-state index contributed by atoms with van der Waals surface area (Å²) < 4.78 is 1.59. The lowest BCUT2D eigenvalue weighted by atomic mass is 10.2. The topological polar surface area (TPSA) is 66.3 Å². The number of benzene rings is 3. The Kier molecular flexibility index (Phi) is 6.12. The largest absolute Gasteiger partial charge is 0.369 e. The minimum atomic E-state index is -0.278. The van der Waals surface area contributed by atoms with Crippen LogP contribution in [0.5, 0.6) is 0 Å². The summed E-state index contributed by atoms with van der Waals surface area (Å²) in [4.78, 5) is 17.5. The van der Waals surface area contributed by atoms with E-state index in [4.69, 9.17) is 0 Å². The molecule has 7 nitrogen and oxygen atoms in total. The van der Waals surface area contributed by atoms with Crippen LogP contribution in [0.25, 0.3) is 5.69 Å². The molecule has 0 aliphatic carbocycles. The molecule has 3 aromatic carbocycles. The van der Waals surface area contributed by atoms with Gasteiger partial charge in [-0.25, -0.2) is 4.68 Å². The number of nitrogens with zero attached hydrogens (tertiary/aromatic N) is 5. The maximum Gasteiger partial charge on any atom is 0.277 e. The van der Waals surface area contributed by atoms with Crippen molar-refractivity contribution in [3.63, 3.8) is 0 Å². The van der Waals surface area contributed by atoms with Gasteiger partial charge in [0.1, 0.15) is 0 Å². The molecule has 166 valence electrons. The highest BCUT2D eigenvalue weighted by atomic mass is 16.2. The Labute approximate surface area is 193 Å². The van der Waals surface area contributed by atoms with E-state index in [0.29, 0.717) is 0 Å². The molecule has 1 aliphatic rings. The van der Waals surface area contributed by atoms with Gasteiger partial charge in [0.05, 0.1) is 11.9 Å². The normalized spacial score (nSPS) is 14.2. The zero-order valence-electron chi connectivity index (χ0n) is 18.3. The van der Waals surface area contributed by atoms with Gasteiger partial charge in [0, 0.05) is 44.1 Å². The summed E-state index contributed by atoms with van der Waals surface area (Å²) in [6.07, 6.45) is 1.63. The molecule has 0 radical (unpaired) electrons. The maximum atomic E-state index is 12.6. The third-order valence-corrected chi connectivity index (χ3v) is 5.86. The molecule has 4 aromatic rings. The minimum absolute atomic E-state index is 0.275. The van der Waals surface area contributed by atoms with E-state index in [9.17, 15) is 4.79 Å². The summed E-state index contributed by atoms with van der Waals surface area (Å²) in [5.41, 5.74) is 4.40. The predicted octanol–water partition coefficient (Wildman–Crippen LogP) is 3.84. The Morgan fingerprint density at radius 3 is 2.15 bits per heavy atom. The lowest BCUT2D eigenvalue weighted by molar-refractivity contribution is 0.102. The first-order valence-corrected chi connectivity index (χ1v) is 11.1. The zero-order valence-corrected chi connectivity index (χ0v) is 18.3. The van der Waals surface area contributed by atoms with Crippen LogP contribution >= 0.6 is 0 Å². The van der Waals surface area contributed by atoms with E-state index in [1.54, 1.807) is 10.9 Å².